The lowest BCUT2D eigenvalue weighted by Crippen LogP contribution is -2.31. The van der Waals surface area contributed by atoms with Crippen molar-refractivity contribution in [3.8, 4) is 0 Å². The van der Waals surface area contributed by atoms with Crippen LogP contribution < -0.4 is 10.5 Å². The Bertz CT molecular complexity index is 1140. The average molecular weight is 355 g/mol. The molecule has 1 N–H and O–H groups in total. The Morgan fingerprint density at radius 3 is 2.44 bits per heavy atom. The molecule has 0 saturated heterocycles. The fourth-order valence-corrected chi connectivity index (χ4v) is 3.09. The Balaban J connectivity index is 1.81. The maximum Gasteiger partial charge on any atom is 0.277 e. The van der Waals surface area contributed by atoms with Crippen molar-refractivity contribution in [3.05, 3.63) is 107 Å². The second-order valence-corrected chi connectivity index (χ2v) is 6.15. The van der Waals surface area contributed by atoms with Crippen molar-refractivity contribution in [1.29, 1.82) is 0 Å². The van der Waals surface area contributed by atoms with Crippen molar-refractivity contribution in [2.24, 2.45) is 0 Å². The molecule has 2 aromatic heterocycles. The summed E-state index contributed by atoms with van der Waals surface area (Å²) in [6.45, 7) is 0.268. The number of para-hydroxylation sites is 2. The molecule has 4 rings (SSSR count). The first kappa shape index (κ1) is 16.7. The highest BCUT2D eigenvalue weighted by molar-refractivity contribution is 6.05. The van der Waals surface area contributed by atoms with Gasteiger partial charge in [-0.25, -0.2) is 0 Å². The molecule has 0 aliphatic heterocycles. The number of fused-ring (bicyclic) bond motifs is 1. The molecule has 27 heavy (non-hydrogen) atoms. The van der Waals surface area contributed by atoms with Crippen molar-refractivity contribution < 1.29 is 4.79 Å². The molecule has 5 nitrogen and oxygen atoms in total. The number of pyridine rings is 2. The molecule has 0 bridgehead atoms. The third kappa shape index (κ3) is 3.48. The molecule has 2 aromatic carbocycles. The van der Waals surface area contributed by atoms with E-state index in [1.54, 1.807) is 35.4 Å². The Kier molecular flexibility index (Phi) is 4.49. The highest BCUT2D eigenvalue weighted by Gasteiger charge is 2.20. The summed E-state index contributed by atoms with van der Waals surface area (Å²) < 4.78 is 0. The van der Waals surface area contributed by atoms with Crippen LogP contribution in [0.1, 0.15) is 16.1 Å². The molecule has 0 fully saturated rings. The van der Waals surface area contributed by atoms with Gasteiger partial charge in [-0.15, -0.1) is 0 Å². The lowest BCUT2D eigenvalue weighted by Gasteiger charge is -2.23. The summed E-state index contributed by atoms with van der Waals surface area (Å²) in [5, 5.41) is 0.909. The van der Waals surface area contributed by atoms with E-state index in [2.05, 4.69) is 9.97 Å². The predicted octanol–water partition coefficient (Wildman–Crippen LogP) is 3.77. The Hall–Kier alpha value is -3.73. The number of aromatic amines is 1. The Morgan fingerprint density at radius 2 is 1.67 bits per heavy atom. The normalized spacial score (nSPS) is 10.7. The number of benzene rings is 2. The van der Waals surface area contributed by atoms with Crippen molar-refractivity contribution in [1.82, 2.24) is 9.97 Å². The second kappa shape index (κ2) is 7.25. The van der Waals surface area contributed by atoms with Crippen LogP contribution in [0.5, 0.6) is 0 Å². The third-order valence-corrected chi connectivity index (χ3v) is 4.36. The summed E-state index contributed by atoms with van der Waals surface area (Å²) in [6.07, 6.45) is 1.60. The Morgan fingerprint density at radius 1 is 0.926 bits per heavy atom. The number of nitrogens with zero attached hydrogens (tertiary/aromatic N) is 2. The van der Waals surface area contributed by atoms with Crippen LogP contribution in [-0.2, 0) is 6.54 Å². The molecule has 0 spiro atoms. The van der Waals surface area contributed by atoms with E-state index < -0.39 is 0 Å². The van der Waals surface area contributed by atoms with E-state index in [1.807, 2.05) is 54.6 Å². The molecule has 0 unspecified atom stereocenters. The summed E-state index contributed by atoms with van der Waals surface area (Å²) in [5.74, 6) is -0.217. The first-order valence-corrected chi connectivity index (χ1v) is 8.61. The zero-order valence-corrected chi connectivity index (χ0v) is 14.5. The summed E-state index contributed by atoms with van der Waals surface area (Å²) in [7, 11) is 0. The van der Waals surface area contributed by atoms with Crippen molar-refractivity contribution in [2.45, 2.75) is 6.54 Å². The molecule has 0 radical (unpaired) electrons. The molecule has 4 aromatic rings. The quantitative estimate of drug-likeness (QED) is 0.606. The first-order valence-electron chi connectivity index (χ1n) is 8.61. The molecule has 5 heteroatoms. The standard InChI is InChI=1S/C22H17N3O2/c26-21-14-16(18-10-4-5-11-19(18)24-21)15-25(17-8-2-1-3-9-17)22(27)20-12-6-7-13-23-20/h1-14H,15H2,(H,24,26). The molecular weight excluding hydrogens is 338 g/mol. The van der Waals surface area contributed by atoms with Crippen molar-refractivity contribution in [3.63, 3.8) is 0 Å². The van der Waals surface area contributed by atoms with Gasteiger partial charge >= 0.3 is 0 Å². The lowest BCUT2D eigenvalue weighted by atomic mass is 10.1. The van der Waals surface area contributed by atoms with Crippen molar-refractivity contribution >= 4 is 22.5 Å². The molecule has 0 aliphatic rings. The fraction of sp³-hybridized carbons (Fsp3) is 0.0455. The largest absolute Gasteiger partial charge is 0.322 e. The number of anilines is 1. The Labute approximate surface area is 155 Å². The molecule has 2 heterocycles. The van der Waals surface area contributed by atoms with Gasteiger partial charge < -0.3 is 9.88 Å². The number of hydrogen-bond donors (Lipinski definition) is 1. The van der Waals surface area contributed by atoms with E-state index >= 15 is 0 Å². The minimum Gasteiger partial charge on any atom is -0.322 e. The molecule has 0 aliphatic carbocycles. The molecule has 1 amide bonds. The van der Waals surface area contributed by atoms with Gasteiger partial charge in [-0.2, -0.15) is 0 Å². The highest BCUT2D eigenvalue weighted by atomic mass is 16.2. The third-order valence-electron chi connectivity index (χ3n) is 4.36. The predicted molar refractivity (Wildman–Crippen MR) is 106 cm³/mol. The number of nitrogens with one attached hydrogen (secondary N) is 1. The number of aromatic nitrogens is 2. The SMILES string of the molecule is O=C(c1ccccn1)N(Cc1cc(=O)[nH]c2ccccc12)c1ccccc1. The number of carbonyl (C=O) groups excluding carboxylic acids is 1. The number of H-pyrrole nitrogens is 1. The summed E-state index contributed by atoms with van der Waals surface area (Å²) in [6, 6.07) is 23.8. The van der Waals surface area contributed by atoms with Gasteiger partial charge in [-0.05, 0) is 35.9 Å². The van der Waals surface area contributed by atoms with E-state index in [9.17, 15) is 9.59 Å². The van der Waals surface area contributed by atoms with Crippen molar-refractivity contribution in [2.75, 3.05) is 4.90 Å². The maximum absolute atomic E-state index is 13.1. The maximum atomic E-state index is 13.1. The summed E-state index contributed by atoms with van der Waals surface area (Å²) in [4.78, 5) is 33.9. The van der Waals surface area contributed by atoms with E-state index in [1.165, 1.54) is 0 Å². The number of rotatable bonds is 4. The van der Waals surface area contributed by atoms with Gasteiger partial charge in [-0.1, -0.05) is 42.5 Å². The van der Waals surface area contributed by atoms with Crippen LogP contribution in [-0.4, -0.2) is 15.9 Å². The van der Waals surface area contributed by atoms with Crippen LogP contribution >= 0.6 is 0 Å². The number of amides is 1. The minimum absolute atomic E-state index is 0.193. The van der Waals surface area contributed by atoms with Gasteiger partial charge in [0.2, 0.25) is 5.56 Å². The smallest absolute Gasteiger partial charge is 0.277 e. The van der Waals surface area contributed by atoms with Gasteiger partial charge in [-0.3, -0.25) is 14.6 Å². The fourth-order valence-electron chi connectivity index (χ4n) is 3.09. The first-order chi connectivity index (χ1) is 13.2. The molecule has 0 saturated carbocycles. The van der Waals surface area contributed by atoms with Crippen LogP contribution in [0.25, 0.3) is 10.9 Å². The topological polar surface area (TPSA) is 66.1 Å². The average Bonchev–Trinajstić information content (AvgIpc) is 2.72. The number of carbonyl (C=O) groups is 1. The van der Waals surface area contributed by atoms with Crippen LogP contribution in [0.15, 0.2) is 89.9 Å². The zero-order chi connectivity index (χ0) is 18.6. The molecule has 0 atom stereocenters. The van der Waals surface area contributed by atoms with E-state index in [4.69, 9.17) is 0 Å². The lowest BCUT2D eigenvalue weighted by molar-refractivity contribution is 0.0980. The zero-order valence-electron chi connectivity index (χ0n) is 14.5. The van der Waals surface area contributed by atoms with Gasteiger partial charge in [0.05, 0.1) is 6.54 Å². The van der Waals surface area contributed by atoms with Crippen LogP contribution in [0.3, 0.4) is 0 Å². The molecule has 132 valence electrons. The number of hydrogen-bond acceptors (Lipinski definition) is 3. The van der Waals surface area contributed by atoms with Gasteiger partial charge in [0, 0.05) is 28.9 Å². The highest BCUT2D eigenvalue weighted by Crippen LogP contribution is 2.22. The van der Waals surface area contributed by atoms with Gasteiger partial charge in [0.25, 0.3) is 5.91 Å². The summed E-state index contributed by atoms with van der Waals surface area (Å²) >= 11 is 0. The minimum atomic E-state index is -0.217. The summed E-state index contributed by atoms with van der Waals surface area (Å²) in [5.41, 5.74) is 2.44. The van der Waals surface area contributed by atoms with Gasteiger partial charge in [0.15, 0.2) is 0 Å². The van der Waals surface area contributed by atoms with Crippen LogP contribution in [0, 0.1) is 0 Å². The van der Waals surface area contributed by atoms with Crippen LogP contribution in [0.4, 0.5) is 5.69 Å². The van der Waals surface area contributed by atoms with E-state index in [-0.39, 0.29) is 18.0 Å². The van der Waals surface area contributed by atoms with E-state index in [0.717, 1.165) is 22.2 Å². The second-order valence-electron chi connectivity index (χ2n) is 6.15. The van der Waals surface area contributed by atoms with Gasteiger partial charge in [0.1, 0.15) is 5.69 Å². The van der Waals surface area contributed by atoms with Crippen LogP contribution in [0.2, 0.25) is 0 Å². The van der Waals surface area contributed by atoms with E-state index in [0.29, 0.717) is 5.69 Å². The molecular formula is C22H17N3O2. The monoisotopic (exact) mass is 355 g/mol.